The zero-order valence-electron chi connectivity index (χ0n) is 11.6. The van der Waals surface area contributed by atoms with Gasteiger partial charge in [-0.2, -0.15) is 0 Å². The first-order chi connectivity index (χ1) is 8.20. The van der Waals surface area contributed by atoms with Gasteiger partial charge in [-0.15, -0.1) is 0 Å². The second kappa shape index (κ2) is 6.19. The molecule has 1 N–H and O–H groups in total. The van der Waals surface area contributed by atoms with Gasteiger partial charge in [-0.3, -0.25) is 0 Å². The third kappa shape index (κ3) is 3.96. The van der Waals surface area contributed by atoms with Crippen LogP contribution in [0.5, 0.6) is 0 Å². The van der Waals surface area contributed by atoms with Crippen molar-refractivity contribution in [2.75, 3.05) is 6.54 Å². The molecule has 0 aromatic rings. The fraction of sp³-hybridized carbons (Fsp3) is 1.00. The predicted molar refractivity (Wildman–Crippen MR) is 72.3 cm³/mol. The lowest BCUT2D eigenvalue weighted by atomic mass is 9.77. The van der Waals surface area contributed by atoms with Gasteiger partial charge in [-0.1, -0.05) is 33.1 Å². The first-order valence-electron chi connectivity index (χ1n) is 7.61. The summed E-state index contributed by atoms with van der Waals surface area (Å²) in [6, 6.07) is 0.599. The second-order valence-corrected chi connectivity index (χ2v) is 6.27. The summed E-state index contributed by atoms with van der Waals surface area (Å²) in [4.78, 5) is 0. The SMILES string of the molecule is CC(C)NCCC1(OC2CCCCC2)CCC1. The van der Waals surface area contributed by atoms with Crippen LogP contribution in [-0.2, 0) is 4.74 Å². The summed E-state index contributed by atoms with van der Waals surface area (Å²) < 4.78 is 6.46. The van der Waals surface area contributed by atoms with E-state index in [9.17, 15) is 0 Å². The second-order valence-electron chi connectivity index (χ2n) is 6.27. The highest BCUT2D eigenvalue weighted by Gasteiger charge is 2.39. The fourth-order valence-electron chi connectivity index (χ4n) is 3.12. The first-order valence-corrected chi connectivity index (χ1v) is 7.61. The van der Waals surface area contributed by atoms with Crippen molar-refractivity contribution in [1.29, 1.82) is 0 Å². The van der Waals surface area contributed by atoms with Gasteiger partial charge < -0.3 is 10.1 Å². The standard InChI is InChI=1S/C15H29NO/c1-13(2)16-12-11-15(9-6-10-15)17-14-7-4-3-5-8-14/h13-14,16H,3-12H2,1-2H3. The lowest BCUT2D eigenvalue weighted by Gasteiger charge is -2.45. The average Bonchev–Trinajstić information content (AvgIpc) is 2.26. The summed E-state index contributed by atoms with van der Waals surface area (Å²) in [7, 11) is 0. The van der Waals surface area contributed by atoms with Crippen LogP contribution in [0.2, 0.25) is 0 Å². The Balaban J connectivity index is 1.73. The van der Waals surface area contributed by atoms with Crippen molar-refractivity contribution in [3.63, 3.8) is 0 Å². The van der Waals surface area contributed by atoms with E-state index in [-0.39, 0.29) is 5.60 Å². The van der Waals surface area contributed by atoms with Crippen molar-refractivity contribution < 1.29 is 4.74 Å². The van der Waals surface area contributed by atoms with E-state index >= 15 is 0 Å². The summed E-state index contributed by atoms with van der Waals surface area (Å²) in [6.07, 6.45) is 12.5. The van der Waals surface area contributed by atoms with Crippen molar-refractivity contribution in [2.45, 2.75) is 89.4 Å². The Morgan fingerprint density at radius 1 is 1.12 bits per heavy atom. The van der Waals surface area contributed by atoms with Gasteiger partial charge in [-0.25, -0.2) is 0 Å². The Morgan fingerprint density at radius 3 is 2.35 bits per heavy atom. The summed E-state index contributed by atoms with van der Waals surface area (Å²) in [5, 5.41) is 3.53. The highest BCUT2D eigenvalue weighted by atomic mass is 16.5. The van der Waals surface area contributed by atoms with Gasteiger partial charge in [0.25, 0.3) is 0 Å². The summed E-state index contributed by atoms with van der Waals surface area (Å²) >= 11 is 0. The Bertz CT molecular complexity index is 217. The van der Waals surface area contributed by atoms with Gasteiger partial charge in [0.2, 0.25) is 0 Å². The van der Waals surface area contributed by atoms with Gasteiger partial charge in [0.05, 0.1) is 11.7 Å². The third-order valence-corrected chi connectivity index (χ3v) is 4.37. The third-order valence-electron chi connectivity index (χ3n) is 4.37. The van der Waals surface area contributed by atoms with Crippen molar-refractivity contribution in [3.8, 4) is 0 Å². The van der Waals surface area contributed by atoms with Crippen LogP contribution in [0.3, 0.4) is 0 Å². The molecule has 2 fully saturated rings. The number of ether oxygens (including phenoxy) is 1. The maximum Gasteiger partial charge on any atom is 0.0698 e. The van der Waals surface area contributed by atoms with Gasteiger partial charge in [-0.05, 0) is 45.1 Å². The molecule has 0 atom stereocenters. The molecule has 0 aliphatic heterocycles. The molecule has 2 heteroatoms. The molecule has 0 bridgehead atoms. The summed E-state index contributed by atoms with van der Waals surface area (Å²) in [5.74, 6) is 0. The fourth-order valence-corrected chi connectivity index (χ4v) is 3.12. The van der Waals surface area contributed by atoms with Crippen LogP contribution in [0.25, 0.3) is 0 Å². The van der Waals surface area contributed by atoms with E-state index in [1.54, 1.807) is 0 Å². The monoisotopic (exact) mass is 239 g/mol. The maximum atomic E-state index is 6.46. The van der Waals surface area contributed by atoms with Gasteiger partial charge in [0.1, 0.15) is 0 Å². The first kappa shape index (κ1) is 13.4. The van der Waals surface area contributed by atoms with E-state index in [0.29, 0.717) is 12.1 Å². The molecule has 0 heterocycles. The molecule has 2 saturated carbocycles. The maximum absolute atomic E-state index is 6.46. The highest BCUT2D eigenvalue weighted by molar-refractivity contribution is 4.91. The molecule has 0 aromatic carbocycles. The number of rotatable bonds is 6. The molecular formula is C15H29NO. The molecule has 0 saturated heterocycles. The number of hydrogen-bond acceptors (Lipinski definition) is 2. The van der Waals surface area contributed by atoms with Crippen molar-refractivity contribution in [2.24, 2.45) is 0 Å². The number of hydrogen-bond donors (Lipinski definition) is 1. The Hall–Kier alpha value is -0.0800. The molecule has 2 nitrogen and oxygen atoms in total. The smallest absolute Gasteiger partial charge is 0.0698 e. The van der Waals surface area contributed by atoms with Crippen molar-refractivity contribution in [3.05, 3.63) is 0 Å². The van der Waals surface area contributed by atoms with E-state index < -0.39 is 0 Å². The lowest BCUT2D eigenvalue weighted by molar-refractivity contribution is -0.151. The van der Waals surface area contributed by atoms with E-state index in [1.807, 2.05) is 0 Å². The zero-order chi connectivity index (χ0) is 12.1. The van der Waals surface area contributed by atoms with Crippen LogP contribution in [-0.4, -0.2) is 24.3 Å². The highest BCUT2D eigenvalue weighted by Crippen LogP contribution is 2.41. The molecule has 17 heavy (non-hydrogen) atoms. The Labute approximate surface area is 107 Å². The van der Waals surface area contributed by atoms with E-state index in [1.165, 1.54) is 57.8 Å². The Kier molecular flexibility index (Phi) is 4.87. The molecule has 0 aromatic heterocycles. The molecule has 2 aliphatic carbocycles. The minimum absolute atomic E-state index is 0.254. The molecular weight excluding hydrogens is 210 g/mol. The number of nitrogens with one attached hydrogen (secondary N) is 1. The normalized spacial score (nSPS) is 24.9. The zero-order valence-corrected chi connectivity index (χ0v) is 11.6. The molecule has 0 unspecified atom stereocenters. The minimum Gasteiger partial charge on any atom is -0.372 e. The van der Waals surface area contributed by atoms with Crippen LogP contribution in [0, 0.1) is 0 Å². The van der Waals surface area contributed by atoms with Crippen LogP contribution in [0.4, 0.5) is 0 Å². The van der Waals surface area contributed by atoms with E-state index in [4.69, 9.17) is 4.74 Å². The molecule has 0 spiro atoms. The van der Waals surface area contributed by atoms with Crippen LogP contribution in [0.1, 0.15) is 71.6 Å². The molecule has 100 valence electrons. The van der Waals surface area contributed by atoms with Gasteiger partial charge >= 0.3 is 0 Å². The molecule has 0 radical (unpaired) electrons. The molecule has 0 amide bonds. The van der Waals surface area contributed by atoms with E-state index in [2.05, 4.69) is 19.2 Å². The van der Waals surface area contributed by atoms with Crippen molar-refractivity contribution >= 4 is 0 Å². The van der Waals surface area contributed by atoms with Gasteiger partial charge in [0, 0.05) is 6.04 Å². The van der Waals surface area contributed by atoms with Gasteiger partial charge in [0.15, 0.2) is 0 Å². The van der Waals surface area contributed by atoms with Crippen LogP contribution in [0.15, 0.2) is 0 Å². The van der Waals surface area contributed by atoms with Crippen molar-refractivity contribution in [1.82, 2.24) is 5.32 Å². The predicted octanol–water partition coefficient (Wildman–Crippen LogP) is 3.65. The molecule has 2 rings (SSSR count). The quantitative estimate of drug-likeness (QED) is 0.764. The summed E-state index contributed by atoms with van der Waals surface area (Å²) in [6.45, 7) is 5.55. The molecule has 2 aliphatic rings. The summed E-state index contributed by atoms with van der Waals surface area (Å²) in [5.41, 5.74) is 0.254. The largest absolute Gasteiger partial charge is 0.372 e. The Morgan fingerprint density at radius 2 is 1.82 bits per heavy atom. The minimum atomic E-state index is 0.254. The van der Waals surface area contributed by atoms with Crippen LogP contribution >= 0.6 is 0 Å². The average molecular weight is 239 g/mol. The van der Waals surface area contributed by atoms with E-state index in [0.717, 1.165) is 6.54 Å². The lowest BCUT2D eigenvalue weighted by Crippen LogP contribution is -2.46. The topological polar surface area (TPSA) is 21.3 Å². The van der Waals surface area contributed by atoms with Crippen LogP contribution < -0.4 is 5.32 Å².